The lowest BCUT2D eigenvalue weighted by Gasteiger charge is -2.36. The lowest BCUT2D eigenvalue weighted by molar-refractivity contribution is 0.0527. The van der Waals surface area contributed by atoms with Crippen molar-refractivity contribution in [1.29, 1.82) is 0 Å². The molecule has 1 aliphatic heterocycles. The van der Waals surface area contributed by atoms with E-state index in [2.05, 4.69) is 24.1 Å². The zero-order chi connectivity index (χ0) is 17.5. The maximum Gasteiger partial charge on any atom is 0.340 e. The number of hydrogen-bond acceptors (Lipinski definition) is 4. The average Bonchev–Trinajstić information content (AvgIpc) is 2.60. The topological polar surface area (TPSA) is 61.9 Å². The molecule has 1 aromatic carbocycles. The van der Waals surface area contributed by atoms with Gasteiger partial charge in [0.15, 0.2) is 0 Å². The average molecular weight is 333 g/mol. The minimum Gasteiger partial charge on any atom is -0.462 e. The molecule has 1 N–H and O–H groups in total. The van der Waals surface area contributed by atoms with Crippen LogP contribution in [0.5, 0.6) is 0 Å². The first kappa shape index (κ1) is 18.1. The highest BCUT2D eigenvalue weighted by molar-refractivity contribution is 5.96. The van der Waals surface area contributed by atoms with Crippen molar-refractivity contribution in [3.63, 3.8) is 0 Å². The smallest absolute Gasteiger partial charge is 0.340 e. The largest absolute Gasteiger partial charge is 0.462 e. The molecule has 24 heavy (non-hydrogen) atoms. The molecular formula is C18H27N3O3. The predicted molar refractivity (Wildman–Crippen MR) is 94.4 cm³/mol. The molecule has 2 rings (SSSR count). The Morgan fingerprint density at radius 2 is 1.83 bits per heavy atom. The maximum atomic E-state index is 12.1. The van der Waals surface area contributed by atoms with Crippen LogP contribution in [0.15, 0.2) is 24.3 Å². The van der Waals surface area contributed by atoms with Gasteiger partial charge in [0.1, 0.15) is 0 Å². The standard InChI is InChI=1S/C18H27N3O3/c1-4-24-17(22)15-7-5-6-8-16(15)20-9-11-21(12-10-20)18(23)19-13-14(2)3/h5-8,14H,4,9-13H2,1-3H3,(H,19,23). The number of piperazine rings is 1. The first-order valence-corrected chi connectivity index (χ1v) is 8.56. The van der Waals surface area contributed by atoms with E-state index >= 15 is 0 Å². The van der Waals surface area contributed by atoms with Gasteiger partial charge in [0.2, 0.25) is 0 Å². The first-order valence-electron chi connectivity index (χ1n) is 8.56. The number of carbonyl (C=O) groups is 2. The summed E-state index contributed by atoms with van der Waals surface area (Å²) >= 11 is 0. The highest BCUT2D eigenvalue weighted by Crippen LogP contribution is 2.22. The molecular weight excluding hydrogens is 306 g/mol. The Hall–Kier alpha value is -2.24. The van der Waals surface area contributed by atoms with Crippen LogP contribution in [0, 0.1) is 5.92 Å². The molecule has 2 amide bonds. The fraction of sp³-hybridized carbons (Fsp3) is 0.556. The molecule has 0 atom stereocenters. The van der Waals surface area contributed by atoms with Gasteiger partial charge in [-0.25, -0.2) is 9.59 Å². The minimum absolute atomic E-state index is 0.0120. The second-order valence-corrected chi connectivity index (χ2v) is 6.29. The van der Waals surface area contributed by atoms with Crippen LogP contribution in [0.1, 0.15) is 31.1 Å². The molecule has 6 heteroatoms. The molecule has 0 bridgehead atoms. The van der Waals surface area contributed by atoms with E-state index in [1.165, 1.54) is 0 Å². The third-order valence-electron chi connectivity index (χ3n) is 3.97. The van der Waals surface area contributed by atoms with Crippen LogP contribution in [0.4, 0.5) is 10.5 Å². The highest BCUT2D eigenvalue weighted by Gasteiger charge is 2.24. The van der Waals surface area contributed by atoms with Gasteiger partial charge in [-0.3, -0.25) is 0 Å². The minimum atomic E-state index is -0.301. The van der Waals surface area contributed by atoms with Gasteiger partial charge in [-0.05, 0) is 25.0 Å². The summed E-state index contributed by atoms with van der Waals surface area (Å²) in [5.41, 5.74) is 1.45. The van der Waals surface area contributed by atoms with E-state index in [0.717, 1.165) is 5.69 Å². The molecule has 0 saturated carbocycles. The number of carbonyl (C=O) groups excluding carboxylic acids is 2. The molecule has 6 nitrogen and oxygen atoms in total. The number of hydrogen-bond donors (Lipinski definition) is 1. The normalized spacial score (nSPS) is 14.7. The fourth-order valence-electron chi connectivity index (χ4n) is 2.68. The number of nitrogens with one attached hydrogen (secondary N) is 1. The zero-order valence-electron chi connectivity index (χ0n) is 14.7. The van der Waals surface area contributed by atoms with E-state index in [4.69, 9.17) is 4.74 Å². The number of nitrogens with zero attached hydrogens (tertiary/aromatic N) is 2. The summed E-state index contributed by atoms with van der Waals surface area (Å²) in [7, 11) is 0. The van der Waals surface area contributed by atoms with E-state index in [0.29, 0.717) is 50.8 Å². The molecule has 1 saturated heterocycles. The van der Waals surface area contributed by atoms with E-state index < -0.39 is 0 Å². The highest BCUT2D eigenvalue weighted by atomic mass is 16.5. The van der Waals surface area contributed by atoms with Crippen molar-refractivity contribution in [2.45, 2.75) is 20.8 Å². The molecule has 1 aromatic rings. The third-order valence-corrected chi connectivity index (χ3v) is 3.97. The van der Waals surface area contributed by atoms with Gasteiger partial charge in [0.25, 0.3) is 0 Å². The van der Waals surface area contributed by atoms with E-state index in [1.807, 2.05) is 23.1 Å². The Morgan fingerprint density at radius 1 is 1.17 bits per heavy atom. The number of para-hydroxylation sites is 1. The summed E-state index contributed by atoms with van der Waals surface area (Å²) in [6, 6.07) is 7.46. The number of anilines is 1. The molecule has 1 aliphatic rings. The van der Waals surface area contributed by atoms with Gasteiger partial charge in [-0.15, -0.1) is 0 Å². The maximum absolute atomic E-state index is 12.1. The van der Waals surface area contributed by atoms with Crippen molar-refractivity contribution in [3.05, 3.63) is 29.8 Å². The van der Waals surface area contributed by atoms with Gasteiger partial charge in [-0.1, -0.05) is 26.0 Å². The Labute approximate surface area is 143 Å². The third kappa shape index (κ3) is 4.63. The number of benzene rings is 1. The van der Waals surface area contributed by atoms with E-state index in [1.54, 1.807) is 13.0 Å². The second kappa shape index (κ2) is 8.57. The lowest BCUT2D eigenvalue weighted by Crippen LogP contribution is -2.52. The summed E-state index contributed by atoms with van der Waals surface area (Å²) in [5, 5.41) is 2.95. The summed E-state index contributed by atoms with van der Waals surface area (Å²) in [6.45, 7) is 9.67. The second-order valence-electron chi connectivity index (χ2n) is 6.29. The molecule has 1 fully saturated rings. The van der Waals surface area contributed by atoms with E-state index in [-0.39, 0.29) is 12.0 Å². The fourth-order valence-corrected chi connectivity index (χ4v) is 2.68. The molecule has 0 unspecified atom stereocenters. The van der Waals surface area contributed by atoms with Crippen LogP contribution in [0.3, 0.4) is 0 Å². The molecule has 0 spiro atoms. The van der Waals surface area contributed by atoms with Crippen molar-refractivity contribution < 1.29 is 14.3 Å². The van der Waals surface area contributed by atoms with Crippen LogP contribution in [-0.2, 0) is 4.74 Å². The van der Waals surface area contributed by atoms with Gasteiger partial charge < -0.3 is 19.9 Å². The van der Waals surface area contributed by atoms with Crippen molar-refractivity contribution in [3.8, 4) is 0 Å². The van der Waals surface area contributed by atoms with Gasteiger partial charge in [0, 0.05) is 32.7 Å². The Morgan fingerprint density at radius 3 is 2.46 bits per heavy atom. The van der Waals surface area contributed by atoms with Crippen LogP contribution in [0.25, 0.3) is 0 Å². The molecule has 0 aliphatic carbocycles. The molecule has 132 valence electrons. The number of ether oxygens (including phenoxy) is 1. The van der Waals surface area contributed by atoms with Crippen LogP contribution >= 0.6 is 0 Å². The summed E-state index contributed by atoms with van der Waals surface area (Å²) in [6.07, 6.45) is 0. The Balaban J connectivity index is 1.97. The van der Waals surface area contributed by atoms with Crippen LogP contribution < -0.4 is 10.2 Å². The molecule has 0 radical (unpaired) electrons. The van der Waals surface area contributed by atoms with Gasteiger partial charge in [0.05, 0.1) is 17.9 Å². The van der Waals surface area contributed by atoms with Crippen molar-refractivity contribution in [2.75, 3.05) is 44.2 Å². The Bertz CT molecular complexity index is 566. The first-order chi connectivity index (χ1) is 11.5. The van der Waals surface area contributed by atoms with Crippen molar-refractivity contribution in [1.82, 2.24) is 10.2 Å². The number of rotatable bonds is 5. The molecule has 0 aromatic heterocycles. The van der Waals surface area contributed by atoms with Gasteiger partial charge >= 0.3 is 12.0 Å². The van der Waals surface area contributed by atoms with E-state index in [9.17, 15) is 9.59 Å². The van der Waals surface area contributed by atoms with Crippen LogP contribution in [0.2, 0.25) is 0 Å². The SMILES string of the molecule is CCOC(=O)c1ccccc1N1CCN(C(=O)NCC(C)C)CC1. The van der Waals surface area contributed by atoms with Crippen molar-refractivity contribution >= 4 is 17.7 Å². The zero-order valence-corrected chi connectivity index (χ0v) is 14.7. The number of esters is 1. The summed E-state index contributed by atoms with van der Waals surface area (Å²) in [5.74, 6) is 0.136. The Kier molecular flexibility index (Phi) is 6.46. The number of amides is 2. The molecule has 1 heterocycles. The number of urea groups is 1. The van der Waals surface area contributed by atoms with Gasteiger partial charge in [-0.2, -0.15) is 0 Å². The summed E-state index contributed by atoms with van der Waals surface area (Å²) in [4.78, 5) is 28.2. The summed E-state index contributed by atoms with van der Waals surface area (Å²) < 4.78 is 5.13. The lowest BCUT2D eigenvalue weighted by atomic mass is 10.1. The monoisotopic (exact) mass is 333 g/mol. The quantitative estimate of drug-likeness (QED) is 0.840. The van der Waals surface area contributed by atoms with Crippen molar-refractivity contribution in [2.24, 2.45) is 5.92 Å². The predicted octanol–water partition coefficient (Wildman–Crippen LogP) is 2.35. The van der Waals surface area contributed by atoms with Crippen LogP contribution in [-0.4, -0.2) is 56.2 Å².